The first-order valence-electron chi connectivity index (χ1n) is 12.0. The van der Waals surface area contributed by atoms with Gasteiger partial charge < -0.3 is 19.5 Å². The van der Waals surface area contributed by atoms with Gasteiger partial charge in [0.25, 0.3) is 0 Å². The van der Waals surface area contributed by atoms with E-state index in [0.717, 1.165) is 46.0 Å². The summed E-state index contributed by atoms with van der Waals surface area (Å²) < 4.78 is 9.33. The number of methoxy groups -OCH3 is 1. The Balaban J connectivity index is 1.66. The molecule has 1 atom stereocenters. The number of fused-ring (bicyclic) bond motifs is 3. The van der Waals surface area contributed by atoms with Crippen LogP contribution in [0.1, 0.15) is 40.5 Å². The lowest BCUT2D eigenvalue weighted by Crippen LogP contribution is -2.42. The summed E-state index contributed by atoms with van der Waals surface area (Å²) in [6.45, 7) is 5.71. The highest BCUT2D eigenvalue weighted by molar-refractivity contribution is 5.76. The summed E-state index contributed by atoms with van der Waals surface area (Å²) in [7, 11) is 1.67. The minimum atomic E-state index is -0.247. The van der Waals surface area contributed by atoms with Crippen molar-refractivity contribution in [2.45, 2.75) is 32.9 Å². The van der Waals surface area contributed by atoms with Crippen molar-refractivity contribution in [3.05, 3.63) is 101 Å². The van der Waals surface area contributed by atoms with Crippen molar-refractivity contribution >= 4 is 6.03 Å². The molecule has 5 rings (SSSR count). The molecule has 1 aliphatic rings. The van der Waals surface area contributed by atoms with Crippen molar-refractivity contribution in [3.8, 4) is 11.5 Å². The van der Waals surface area contributed by atoms with Crippen LogP contribution in [0.3, 0.4) is 0 Å². The Morgan fingerprint density at radius 1 is 1.09 bits per heavy atom. The molecular weight excluding hydrogens is 438 g/mol. The molecular formula is C28H31N5O2. The van der Waals surface area contributed by atoms with E-state index in [-0.39, 0.29) is 12.1 Å². The molecule has 7 nitrogen and oxygen atoms in total. The predicted molar refractivity (Wildman–Crippen MR) is 136 cm³/mol. The fourth-order valence-electron chi connectivity index (χ4n) is 4.85. The van der Waals surface area contributed by atoms with Gasteiger partial charge in [0.1, 0.15) is 5.82 Å². The normalized spacial score (nSPS) is 14.8. The van der Waals surface area contributed by atoms with E-state index in [9.17, 15) is 4.79 Å². The molecule has 2 amide bonds. The number of benzene rings is 2. The fraction of sp³-hybridized carbons (Fsp3) is 0.286. The molecule has 35 heavy (non-hydrogen) atoms. The highest BCUT2D eigenvalue weighted by atomic mass is 16.5. The van der Waals surface area contributed by atoms with Crippen LogP contribution in [0.5, 0.6) is 0 Å². The molecule has 0 bridgehead atoms. The van der Waals surface area contributed by atoms with Crippen LogP contribution in [0.15, 0.2) is 72.9 Å². The quantitative estimate of drug-likeness (QED) is 0.407. The van der Waals surface area contributed by atoms with E-state index >= 15 is 0 Å². The number of nitrogens with zero attached hydrogens (tertiary/aromatic N) is 4. The van der Waals surface area contributed by atoms with Crippen molar-refractivity contribution in [2.24, 2.45) is 0 Å². The summed E-state index contributed by atoms with van der Waals surface area (Å²) in [5.74, 6) is 0.973. The summed E-state index contributed by atoms with van der Waals surface area (Å²) >= 11 is 0. The van der Waals surface area contributed by atoms with Crippen LogP contribution in [-0.2, 0) is 11.3 Å². The Bertz CT molecular complexity index is 1320. The number of ether oxygens (including phenoxy) is 1. The molecule has 0 spiro atoms. The average molecular weight is 470 g/mol. The lowest BCUT2D eigenvalue weighted by Gasteiger charge is -2.31. The first-order chi connectivity index (χ1) is 17.1. The summed E-state index contributed by atoms with van der Waals surface area (Å²) in [5.41, 5.74) is 6.20. The maximum absolute atomic E-state index is 13.6. The van der Waals surface area contributed by atoms with Crippen molar-refractivity contribution in [1.29, 1.82) is 0 Å². The number of amides is 2. The van der Waals surface area contributed by atoms with Gasteiger partial charge in [0.05, 0.1) is 29.7 Å². The molecule has 1 aliphatic heterocycles. The average Bonchev–Trinajstić information content (AvgIpc) is 3.42. The zero-order chi connectivity index (χ0) is 24.4. The van der Waals surface area contributed by atoms with Gasteiger partial charge in [0.15, 0.2) is 0 Å². The lowest BCUT2D eigenvalue weighted by molar-refractivity contribution is 0.174. The summed E-state index contributed by atoms with van der Waals surface area (Å²) in [4.78, 5) is 15.6. The number of urea groups is 1. The lowest BCUT2D eigenvalue weighted by atomic mass is 10.00. The summed E-state index contributed by atoms with van der Waals surface area (Å²) in [6.07, 6.45) is 2.83. The van der Waals surface area contributed by atoms with Crippen LogP contribution < -0.4 is 5.32 Å². The number of hydrogen-bond acceptors (Lipinski definition) is 3. The molecule has 1 N–H and O–H groups in total. The van der Waals surface area contributed by atoms with Gasteiger partial charge in [-0.2, -0.15) is 5.10 Å². The van der Waals surface area contributed by atoms with Gasteiger partial charge in [0, 0.05) is 32.0 Å². The van der Waals surface area contributed by atoms with E-state index in [0.29, 0.717) is 19.7 Å². The zero-order valence-corrected chi connectivity index (χ0v) is 20.4. The largest absolute Gasteiger partial charge is 0.385 e. The maximum atomic E-state index is 13.6. The molecule has 0 saturated carbocycles. The smallest absolute Gasteiger partial charge is 0.318 e. The maximum Gasteiger partial charge on any atom is 0.318 e. The molecule has 4 aromatic rings. The standard InChI is InChI=1S/C28H31N5O2/c1-20-10-7-11-22(18-20)26-25-14-8-16-31(25)27-24(19-32(26)28(34)29-15-9-17-35-3)21(2)30-33(27)23-12-5-4-6-13-23/h4-8,10-14,16,18,26H,9,15,17,19H2,1-3H3,(H,29,34)/t26-/m0/s1. The molecule has 7 heteroatoms. The Labute approximate surface area is 205 Å². The molecule has 0 fully saturated rings. The molecule has 180 valence electrons. The van der Waals surface area contributed by atoms with Gasteiger partial charge in [-0.3, -0.25) is 0 Å². The molecule has 0 radical (unpaired) electrons. The van der Waals surface area contributed by atoms with Gasteiger partial charge in [-0.05, 0) is 50.1 Å². The van der Waals surface area contributed by atoms with Gasteiger partial charge in [-0.15, -0.1) is 0 Å². The number of rotatable bonds is 6. The molecule has 2 aromatic heterocycles. The fourth-order valence-corrected chi connectivity index (χ4v) is 4.85. The Morgan fingerprint density at radius 3 is 2.69 bits per heavy atom. The number of aromatic nitrogens is 3. The minimum Gasteiger partial charge on any atom is -0.385 e. The monoisotopic (exact) mass is 469 g/mol. The van der Waals surface area contributed by atoms with E-state index in [4.69, 9.17) is 9.84 Å². The predicted octanol–water partition coefficient (Wildman–Crippen LogP) is 4.93. The van der Waals surface area contributed by atoms with Crippen LogP contribution in [0.2, 0.25) is 0 Å². The first kappa shape index (κ1) is 22.9. The van der Waals surface area contributed by atoms with E-state index in [1.807, 2.05) is 40.8 Å². The third kappa shape index (κ3) is 4.35. The van der Waals surface area contributed by atoms with Gasteiger partial charge >= 0.3 is 6.03 Å². The number of nitrogens with one attached hydrogen (secondary N) is 1. The Morgan fingerprint density at radius 2 is 1.91 bits per heavy atom. The van der Waals surface area contributed by atoms with E-state index in [1.165, 1.54) is 0 Å². The summed E-state index contributed by atoms with van der Waals surface area (Å²) in [6, 6.07) is 22.4. The van der Waals surface area contributed by atoms with Crippen molar-refractivity contribution in [1.82, 2.24) is 24.6 Å². The number of aryl methyl sites for hydroxylation is 2. The second-order valence-corrected chi connectivity index (χ2v) is 8.96. The minimum absolute atomic E-state index is 0.0972. The van der Waals surface area contributed by atoms with Crippen LogP contribution in [0.4, 0.5) is 4.79 Å². The number of hydrogen-bond donors (Lipinski definition) is 1. The molecule has 2 aromatic carbocycles. The van der Waals surface area contributed by atoms with Gasteiger partial charge in [-0.25, -0.2) is 9.48 Å². The van der Waals surface area contributed by atoms with Crippen molar-refractivity contribution < 1.29 is 9.53 Å². The van der Waals surface area contributed by atoms with Crippen LogP contribution in [0.25, 0.3) is 11.5 Å². The molecule has 0 aliphatic carbocycles. The number of carbonyl (C=O) groups excluding carboxylic acids is 1. The van der Waals surface area contributed by atoms with E-state index in [2.05, 4.69) is 65.5 Å². The Kier molecular flexibility index (Phi) is 6.42. The van der Waals surface area contributed by atoms with Crippen LogP contribution in [0, 0.1) is 13.8 Å². The zero-order valence-electron chi connectivity index (χ0n) is 20.4. The number of carbonyl (C=O) groups is 1. The van der Waals surface area contributed by atoms with Crippen molar-refractivity contribution in [2.75, 3.05) is 20.3 Å². The third-order valence-corrected chi connectivity index (χ3v) is 6.51. The van der Waals surface area contributed by atoms with Crippen LogP contribution >= 0.6 is 0 Å². The third-order valence-electron chi connectivity index (χ3n) is 6.51. The molecule has 3 heterocycles. The second kappa shape index (κ2) is 9.80. The Hall–Kier alpha value is -3.84. The van der Waals surface area contributed by atoms with Gasteiger partial charge in [0.2, 0.25) is 0 Å². The highest BCUT2D eigenvalue weighted by Gasteiger charge is 2.35. The molecule has 0 unspecified atom stereocenters. The van der Waals surface area contributed by atoms with Crippen molar-refractivity contribution in [3.63, 3.8) is 0 Å². The SMILES string of the molecule is COCCCNC(=O)N1Cc2c(C)nn(-c3ccccc3)c2-n2cccc2[C@@H]1c1cccc(C)c1. The topological polar surface area (TPSA) is 64.3 Å². The number of para-hydroxylation sites is 1. The van der Waals surface area contributed by atoms with Gasteiger partial charge in [-0.1, -0.05) is 48.0 Å². The first-order valence-corrected chi connectivity index (χ1v) is 12.0. The van der Waals surface area contributed by atoms with E-state index < -0.39 is 0 Å². The molecule has 0 saturated heterocycles. The highest BCUT2D eigenvalue weighted by Crippen LogP contribution is 2.38. The second-order valence-electron chi connectivity index (χ2n) is 8.96. The van der Waals surface area contributed by atoms with E-state index in [1.54, 1.807) is 7.11 Å². The summed E-state index contributed by atoms with van der Waals surface area (Å²) in [5, 5.41) is 8.01. The van der Waals surface area contributed by atoms with Crippen LogP contribution in [-0.4, -0.2) is 45.5 Å².